The van der Waals surface area contributed by atoms with Crippen molar-refractivity contribution in [3.05, 3.63) is 0 Å². The van der Waals surface area contributed by atoms with E-state index in [4.69, 9.17) is 34.8 Å². The minimum absolute atomic E-state index is 0.353. The maximum atomic E-state index is 13.5. The predicted octanol–water partition coefficient (Wildman–Crippen LogP) is 5.39. The van der Waals surface area contributed by atoms with Crippen molar-refractivity contribution >= 4 is 58.0 Å². The third kappa shape index (κ3) is 3.76. The van der Waals surface area contributed by atoms with Gasteiger partial charge in [-0.15, -0.1) is 0 Å². The van der Waals surface area contributed by atoms with Gasteiger partial charge in [0, 0.05) is 6.92 Å². The number of hydrogen-bond acceptors (Lipinski definition) is 1. The van der Waals surface area contributed by atoms with Crippen LogP contribution in [0.2, 0.25) is 0 Å². The highest BCUT2D eigenvalue weighted by molar-refractivity contribution is 6.70. The van der Waals surface area contributed by atoms with E-state index in [1.807, 2.05) is 0 Å². The smallest absolute Gasteiger partial charge is 0.281 e. The summed E-state index contributed by atoms with van der Waals surface area (Å²) < 4.78 is 77.4. The lowest BCUT2D eigenvalue weighted by molar-refractivity contribution is -0.369. The lowest BCUT2D eigenvalue weighted by Gasteiger charge is -2.38. The summed E-state index contributed by atoms with van der Waals surface area (Å²) in [4.78, 5) is 0. The van der Waals surface area contributed by atoms with Crippen LogP contribution < -0.4 is 0 Å². The highest BCUT2D eigenvalue weighted by Gasteiger charge is 2.73. The van der Waals surface area contributed by atoms with Crippen molar-refractivity contribution < 1.29 is 31.1 Å². The summed E-state index contributed by atoms with van der Waals surface area (Å²) >= 11 is 23.3. The summed E-state index contributed by atoms with van der Waals surface area (Å²) in [7, 11) is 0. The third-order valence-corrected chi connectivity index (χ3v) is 3.15. The first-order valence-corrected chi connectivity index (χ1v) is 5.63. The standard InChI is InChI=1S/C6H3Cl5F6O/c1-2(12,13)3(14,5(10,15)16)18-6(11,17)4(7,8)9/h1H3. The monoisotopic (exact) mass is 380 g/mol. The van der Waals surface area contributed by atoms with Crippen molar-refractivity contribution in [2.75, 3.05) is 0 Å². The van der Waals surface area contributed by atoms with Gasteiger partial charge in [-0.3, -0.25) is 4.74 Å². The van der Waals surface area contributed by atoms with Crippen molar-refractivity contribution in [2.45, 2.75) is 33.2 Å². The van der Waals surface area contributed by atoms with Crippen LogP contribution in [0.3, 0.4) is 0 Å². The molecule has 110 valence electrons. The first-order chi connectivity index (χ1) is 7.46. The summed E-state index contributed by atoms with van der Waals surface area (Å²) in [6.07, 6.45) is 0. The van der Waals surface area contributed by atoms with Gasteiger partial charge in [-0.2, -0.15) is 17.6 Å². The third-order valence-electron chi connectivity index (χ3n) is 1.53. The van der Waals surface area contributed by atoms with Crippen LogP contribution in [0, 0.1) is 0 Å². The maximum absolute atomic E-state index is 13.5. The number of alkyl halides is 11. The first kappa shape index (κ1) is 19.0. The highest BCUT2D eigenvalue weighted by Crippen LogP contribution is 2.54. The number of rotatable bonds is 4. The van der Waals surface area contributed by atoms with Crippen molar-refractivity contribution in [3.63, 3.8) is 0 Å². The molecule has 0 aromatic carbocycles. The molecule has 0 fully saturated rings. The average molecular weight is 382 g/mol. The molecule has 0 heterocycles. The molecular formula is C6H3Cl5F6O. The van der Waals surface area contributed by atoms with Gasteiger partial charge < -0.3 is 0 Å². The van der Waals surface area contributed by atoms with Gasteiger partial charge in [-0.1, -0.05) is 34.8 Å². The Morgan fingerprint density at radius 2 is 1.11 bits per heavy atom. The van der Waals surface area contributed by atoms with Crippen LogP contribution in [-0.2, 0) is 4.74 Å². The fraction of sp³-hybridized carbons (Fsp3) is 1.00. The van der Waals surface area contributed by atoms with Crippen LogP contribution in [-0.4, -0.2) is 26.3 Å². The largest absolute Gasteiger partial charge is 0.385 e. The van der Waals surface area contributed by atoms with Crippen LogP contribution >= 0.6 is 58.0 Å². The Balaban J connectivity index is 5.58. The topological polar surface area (TPSA) is 9.23 Å². The second-order valence-corrected chi connectivity index (χ2v) is 6.34. The van der Waals surface area contributed by atoms with Crippen LogP contribution in [0.25, 0.3) is 0 Å². The first-order valence-electron chi connectivity index (χ1n) is 3.74. The van der Waals surface area contributed by atoms with Gasteiger partial charge in [0.1, 0.15) is 0 Å². The second kappa shape index (κ2) is 5.07. The van der Waals surface area contributed by atoms with Gasteiger partial charge in [-0.25, -0.2) is 8.78 Å². The second-order valence-electron chi connectivity index (χ2n) is 3.10. The van der Waals surface area contributed by atoms with Gasteiger partial charge >= 0.3 is 22.5 Å². The van der Waals surface area contributed by atoms with Gasteiger partial charge in [-0.05, 0) is 23.2 Å². The summed E-state index contributed by atoms with van der Waals surface area (Å²) in [5, 5.41) is -9.67. The van der Waals surface area contributed by atoms with E-state index in [2.05, 4.69) is 27.9 Å². The van der Waals surface area contributed by atoms with E-state index in [1.54, 1.807) is 0 Å². The molecule has 0 bridgehead atoms. The molecule has 0 aliphatic rings. The number of hydrogen-bond donors (Lipinski definition) is 0. The molecule has 0 aromatic heterocycles. The molecule has 0 spiro atoms. The van der Waals surface area contributed by atoms with E-state index in [1.165, 1.54) is 0 Å². The lowest BCUT2D eigenvalue weighted by atomic mass is 10.2. The summed E-state index contributed by atoms with van der Waals surface area (Å²) in [5.74, 6) is -10.3. The minimum atomic E-state index is -5.35. The zero-order valence-corrected chi connectivity index (χ0v) is 11.8. The quantitative estimate of drug-likeness (QED) is 0.468. The number of halogens is 11. The Bertz CT molecular complexity index is 291. The van der Waals surface area contributed by atoms with Crippen LogP contribution in [0.5, 0.6) is 0 Å². The molecule has 0 saturated heterocycles. The fourth-order valence-corrected chi connectivity index (χ4v) is 1.06. The van der Waals surface area contributed by atoms with Crippen molar-refractivity contribution in [1.82, 2.24) is 0 Å². The zero-order valence-electron chi connectivity index (χ0n) is 8.07. The molecule has 0 radical (unpaired) electrons. The Morgan fingerprint density at radius 1 is 0.778 bits per heavy atom. The molecule has 0 aliphatic heterocycles. The van der Waals surface area contributed by atoms with Gasteiger partial charge in [0.2, 0.25) is 0 Å². The molecule has 2 unspecified atom stereocenters. The van der Waals surface area contributed by atoms with Crippen molar-refractivity contribution in [3.8, 4) is 0 Å². The summed E-state index contributed by atoms with van der Waals surface area (Å²) in [5.41, 5.74) is 0. The van der Waals surface area contributed by atoms with Crippen molar-refractivity contribution in [1.29, 1.82) is 0 Å². The predicted molar refractivity (Wildman–Crippen MR) is 56.3 cm³/mol. The number of ether oxygens (including phenoxy) is 1. The lowest BCUT2D eigenvalue weighted by Crippen LogP contribution is -2.60. The Hall–Kier alpha value is 0.990. The normalized spacial score (nSPS) is 21.3. The molecule has 0 aliphatic carbocycles. The summed E-state index contributed by atoms with van der Waals surface area (Å²) in [6.45, 7) is -0.353. The van der Waals surface area contributed by atoms with E-state index in [9.17, 15) is 26.3 Å². The van der Waals surface area contributed by atoms with E-state index >= 15 is 0 Å². The zero-order chi connectivity index (χ0) is 15.2. The Morgan fingerprint density at radius 3 is 1.28 bits per heavy atom. The molecule has 0 aromatic rings. The average Bonchev–Trinajstić information content (AvgIpc) is 1.95. The fourth-order valence-electron chi connectivity index (χ4n) is 0.631. The van der Waals surface area contributed by atoms with Crippen LogP contribution in [0.4, 0.5) is 26.3 Å². The molecule has 0 rings (SSSR count). The van der Waals surface area contributed by atoms with Gasteiger partial charge in [0.15, 0.2) is 0 Å². The SMILES string of the molecule is CC(F)(F)C(F)(OC(F)(Cl)C(Cl)(Cl)Cl)C(F)(F)Cl. The highest BCUT2D eigenvalue weighted by atomic mass is 35.6. The van der Waals surface area contributed by atoms with Gasteiger partial charge in [0.05, 0.1) is 0 Å². The molecule has 1 nitrogen and oxygen atoms in total. The van der Waals surface area contributed by atoms with Crippen LogP contribution in [0.15, 0.2) is 0 Å². The maximum Gasteiger partial charge on any atom is 0.385 e. The van der Waals surface area contributed by atoms with E-state index < -0.39 is 26.3 Å². The minimum Gasteiger partial charge on any atom is -0.281 e. The molecule has 18 heavy (non-hydrogen) atoms. The molecule has 0 amide bonds. The van der Waals surface area contributed by atoms with Crippen LogP contribution in [0.1, 0.15) is 6.92 Å². The Kier molecular flexibility index (Phi) is 5.35. The van der Waals surface area contributed by atoms with Gasteiger partial charge in [0.25, 0.3) is 3.79 Å². The van der Waals surface area contributed by atoms with Crippen molar-refractivity contribution in [2.24, 2.45) is 0 Å². The van der Waals surface area contributed by atoms with E-state index in [-0.39, 0.29) is 6.92 Å². The molecular weight excluding hydrogens is 379 g/mol. The van der Waals surface area contributed by atoms with E-state index in [0.29, 0.717) is 0 Å². The molecule has 2 atom stereocenters. The molecule has 0 N–H and O–H groups in total. The van der Waals surface area contributed by atoms with E-state index in [0.717, 1.165) is 0 Å². The summed E-state index contributed by atoms with van der Waals surface area (Å²) in [6, 6.07) is 0. The Labute approximate surface area is 122 Å². The molecule has 12 heteroatoms. The molecule has 0 saturated carbocycles.